The van der Waals surface area contributed by atoms with E-state index in [9.17, 15) is 0 Å². The van der Waals surface area contributed by atoms with Crippen molar-refractivity contribution in [1.82, 2.24) is 4.90 Å². The number of benzene rings is 2. The predicted octanol–water partition coefficient (Wildman–Crippen LogP) is 3.18. The van der Waals surface area contributed by atoms with Crippen LogP contribution < -0.4 is 4.74 Å². The van der Waals surface area contributed by atoms with Crippen molar-refractivity contribution in [2.45, 2.75) is 20.0 Å². The summed E-state index contributed by atoms with van der Waals surface area (Å²) >= 11 is 0. The zero-order valence-corrected chi connectivity index (χ0v) is 10.4. The molecule has 0 amide bonds. The second-order valence-electron chi connectivity index (χ2n) is 4.57. The molecule has 1 heterocycles. The fourth-order valence-electron chi connectivity index (χ4n) is 2.74. The van der Waals surface area contributed by atoms with E-state index in [0.29, 0.717) is 0 Å². The molecule has 0 radical (unpaired) electrons. The lowest BCUT2D eigenvalue weighted by Gasteiger charge is -2.28. The number of hydrogen-bond donors (Lipinski definition) is 0. The van der Waals surface area contributed by atoms with Gasteiger partial charge in [0.1, 0.15) is 5.75 Å². The molecule has 3 rings (SSSR count). The molecule has 17 heavy (non-hydrogen) atoms. The van der Waals surface area contributed by atoms with E-state index in [1.807, 2.05) is 0 Å². The molecule has 0 aromatic heterocycles. The molecule has 1 aliphatic heterocycles. The van der Waals surface area contributed by atoms with E-state index >= 15 is 0 Å². The Labute approximate surface area is 102 Å². The first kappa shape index (κ1) is 10.6. The minimum absolute atomic E-state index is 0.982. The molecule has 2 aromatic rings. The summed E-state index contributed by atoms with van der Waals surface area (Å²) < 4.78 is 5.45. The average Bonchev–Trinajstić information content (AvgIpc) is 2.39. The van der Waals surface area contributed by atoms with Gasteiger partial charge in [-0.05, 0) is 29.1 Å². The van der Waals surface area contributed by atoms with Gasteiger partial charge in [-0.2, -0.15) is 0 Å². The van der Waals surface area contributed by atoms with Crippen LogP contribution in [0.15, 0.2) is 30.3 Å². The van der Waals surface area contributed by atoms with E-state index < -0.39 is 0 Å². The Bertz CT molecular complexity index is 550. The Hall–Kier alpha value is -1.54. The van der Waals surface area contributed by atoms with Crippen molar-refractivity contribution in [2.75, 3.05) is 13.7 Å². The highest BCUT2D eigenvalue weighted by Crippen LogP contribution is 2.35. The van der Waals surface area contributed by atoms with Gasteiger partial charge in [-0.25, -0.2) is 0 Å². The molecule has 2 nitrogen and oxygen atoms in total. The zero-order chi connectivity index (χ0) is 11.8. The highest BCUT2D eigenvalue weighted by atomic mass is 16.5. The van der Waals surface area contributed by atoms with Crippen LogP contribution >= 0.6 is 0 Å². The van der Waals surface area contributed by atoms with Crippen LogP contribution in [0.2, 0.25) is 0 Å². The lowest BCUT2D eigenvalue weighted by molar-refractivity contribution is 0.267. The largest absolute Gasteiger partial charge is 0.496 e. The summed E-state index contributed by atoms with van der Waals surface area (Å²) in [6, 6.07) is 10.8. The summed E-state index contributed by atoms with van der Waals surface area (Å²) in [5.41, 5.74) is 2.84. The van der Waals surface area contributed by atoms with Gasteiger partial charge in [-0.3, -0.25) is 4.90 Å². The standard InChI is InChI=1S/C15H17NO/c1-3-16-9-11-5-4-6-13-14(17-2)8-7-12(10-16)15(11)13/h4-8H,3,9-10H2,1-2H3. The minimum atomic E-state index is 0.982. The van der Waals surface area contributed by atoms with E-state index in [0.717, 1.165) is 25.4 Å². The Morgan fingerprint density at radius 1 is 1.12 bits per heavy atom. The van der Waals surface area contributed by atoms with Crippen LogP contribution in [0.4, 0.5) is 0 Å². The molecule has 0 fully saturated rings. The topological polar surface area (TPSA) is 12.5 Å². The molecular formula is C15H17NO. The van der Waals surface area contributed by atoms with Crippen molar-refractivity contribution in [3.05, 3.63) is 41.5 Å². The van der Waals surface area contributed by atoms with Gasteiger partial charge in [0, 0.05) is 18.5 Å². The number of hydrogen-bond acceptors (Lipinski definition) is 2. The third-order valence-electron chi connectivity index (χ3n) is 3.63. The first-order valence-corrected chi connectivity index (χ1v) is 6.13. The number of nitrogens with zero attached hydrogens (tertiary/aromatic N) is 1. The van der Waals surface area contributed by atoms with Crippen molar-refractivity contribution in [3.8, 4) is 5.75 Å². The van der Waals surface area contributed by atoms with Gasteiger partial charge < -0.3 is 4.74 Å². The third kappa shape index (κ3) is 1.60. The van der Waals surface area contributed by atoms with E-state index in [2.05, 4.69) is 42.2 Å². The molecule has 2 heteroatoms. The van der Waals surface area contributed by atoms with Crippen molar-refractivity contribution >= 4 is 10.8 Å². The predicted molar refractivity (Wildman–Crippen MR) is 70.3 cm³/mol. The molecule has 1 aliphatic rings. The molecule has 0 atom stereocenters. The van der Waals surface area contributed by atoms with E-state index in [4.69, 9.17) is 4.74 Å². The van der Waals surface area contributed by atoms with Crippen molar-refractivity contribution in [3.63, 3.8) is 0 Å². The first-order valence-electron chi connectivity index (χ1n) is 6.13. The molecule has 0 saturated carbocycles. The van der Waals surface area contributed by atoms with Gasteiger partial charge in [0.25, 0.3) is 0 Å². The summed E-state index contributed by atoms with van der Waals surface area (Å²) in [4.78, 5) is 2.46. The van der Waals surface area contributed by atoms with Crippen LogP contribution in [-0.4, -0.2) is 18.6 Å². The lowest BCUT2D eigenvalue weighted by Crippen LogP contribution is -2.26. The van der Waals surface area contributed by atoms with Gasteiger partial charge in [-0.1, -0.05) is 31.2 Å². The maximum Gasteiger partial charge on any atom is 0.126 e. The molecule has 0 saturated heterocycles. The van der Waals surface area contributed by atoms with E-state index in [1.165, 1.54) is 21.9 Å². The summed E-state index contributed by atoms with van der Waals surface area (Å²) in [5, 5.41) is 2.65. The third-order valence-corrected chi connectivity index (χ3v) is 3.63. The first-order chi connectivity index (χ1) is 8.33. The van der Waals surface area contributed by atoms with Gasteiger partial charge >= 0.3 is 0 Å². The monoisotopic (exact) mass is 227 g/mol. The molecule has 2 aromatic carbocycles. The Kier molecular flexibility index (Phi) is 2.52. The molecule has 0 bridgehead atoms. The highest BCUT2D eigenvalue weighted by Gasteiger charge is 2.18. The SMILES string of the molecule is CCN1Cc2cccc3c(OC)ccc(c23)C1. The normalized spacial score (nSPS) is 15.2. The van der Waals surface area contributed by atoms with Gasteiger partial charge in [0.15, 0.2) is 0 Å². The quantitative estimate of drug-likeness (QED) is 0.781. The van der Waals surface area contributed by atoms with Crippen molar-refractivity contribution in [1.29, 1.82) is 0 Å². The average molecular weight is 227 g/mol. The molecule has 0 spiro atoms. The number of rotatable bonds is 2. The van der Waals surface area contributed by atoms with Crippen LogP contribution in [0.1, 0.15) is 18.1 Å². The van der Waals surface area contributed by atoms with Crippen LogP contribution in [0, 0.1) is 0 Å². The van der Waals surface area contributed by atoms with E-state index in [-0.39, 0.29) is 0 Å². The smallest absolute Gasteiger partial charge is 0.126 e. The van der Waals surface area contributed by atoms with E-state index in [1.54, 1.807) is 7.11 Å². The Balaban J connectivity index is 2.27. The molecule has 88 valence electrons. The fraction of sp³-hybridized carbons (Fsp3) is 0.333. The number of ether oxygens (including phenoxy) is 1. The van der Waals surface area contributed by atoms with Gasteiger partial charge in [-0.15, -0.1) is 0 Å². The molecule has 0 aliphatic carbocycles. The number of methoxy groups -OCH3 is 1. The summed E-state index contributed by atoms with van der Waals surface area (Å²) in [6.45, 7) is 5.42. The van der Waals surface area contributed by atoms with Crippen LogP contribution in [-0.2, 0) is 13.1 Å². The second kappa shape index (κ2) is 4.04. The highest BCUT2D eigenvalue weighted by molar-refractivity contribution is 5.94. The maximum atomic E-state index is 5.45. The van der Waals surface area contributed by atoms with Crippen LogP contribution in [0.3, 0.4) is 0 Å². The summed E-state index contributed by atoms with van der Waals surface area (Å²) in [7, 11) is 1.74. The minimum Gasteiger partial charge on any atom is -0.496 e. The molecular weight excluding hydrogens is 210 g/mol. The van der Waals surface area contributed by atoms with Crippen molar-refractivity contribution in [2.24, 2.45) is 0 Å². The second-order valence-corrected chi connectivity index (χ2v) is 4.57. The maximum absolute atomic E-state index is 5.45. The Morgan fingerprint density at radius 3 is 2.59 bits per heavy atom. The van der Waals surface area contributed by atoms with Crippen molar-refractivity contribution < 1.29 is 4.74 Å². The summed E-state index contributed by atoms with van der Waals surface area (Å²) in [6.07, 6.45) is 0. The van der Waals surface area contributed by atoms with Gasteiger partial charge in [0.2, 0.25) is 0 Å². The molecule has 0 N–H and O–H groups in total. The molecule has 0 unspecified atom stereocenters. The van der Waals surface area contributed by atoms with Crippen LogP contribution in [0.25, 0.3) is 10.8 Å². The fourth-order valence-corrected chi connectivity index (χ4v) is 2.74. The van der Waals surface area contributed by atoms with Crippen LogP contribution in [0.5, 0.6) is 5.75 Å². The van der Waals surface area contributed by atoms with Gasteiger partial charge in [0.05, 0.1) is 7.11 Å². The Morgan fingerprint density at radius 2 is 1.88 bits per heavy atom. The zero-order valence-electron chi connectivity index (χ0n) is 10.4. The summed E-state index contributed by atoms with van der Waals surface area (Å²) in [5.74, 6) is 0.982. The lowest BCUT2D eigenvalue weighted by atomic mass is 9.95.